The van der Waals surface area contributed by atoms with E-state index in [1.165, 1.54) is 12.6 Å². The van der Waals surface area contributed by atoms with Crippen LogP contribution in [0.1, 0.15) is 32.1 Å². The first-order valence-electron chi connectivity index (χ1n) is 8.26. The quantitative estimate of drug-likeness (QED) is 0.366. The molecule has 0 aromatic carbocycles. The molecule has 2 N–H and O–H groups in total. The van der Waals surface area contributed by atoms with Crippen LogP contribution in [0.3, 0.4) is 0 Å². The maximum atomic E-state index is 12.3. The Hall–Kier alpha value is -2.71. The molecule has 1 aliphatic heterocycles. The van der Waals surface area contributed by atoms with Gasteiger partial charge in [0, 0.05) is 13.6 Å². The van der Waals surface area contributed by atoms with Crippen LogP contribution in [0.15, 0.2) is 11.6 Å². The van der Waals surface area contributed by atoms with E-state index in [2.05, 4.69) is 16.7 Å². The minimum absolute atomic E-state index is 0.131. The third kappa shape index (κ3) is 4.65. The fourth-order valence-corrected chi connectivity index (χ4v) is 2.74. The number of allylic oxidation sites excluding steroid dienone is 1. The highest BCUT2D eigenvalue weighted by molar-refractivity contribution is 6.45. The summed E-state index contributed by atoms with van der Waals surface area (Å²) in [5, 5.41) is 4.60. The van der Waals surface area contributed by atoms with Crippen LogP contribution in [0.5, 0.6) is 0 Å². The molecule has 9 heteroatoms. The van der Waals surface area contributed by atoms with Crippen LogP contribution in [0, 0.1) is 0 Å². The summed E-state index contributed by atoms with van der Waals surface area (Å²) in [5.41, 5.74) is 1.18. The Morgan fingerprint density at radius 1 is 1.08 bits per heavy atom. The van der Waals surface area contributed by atoms with Crippen LogP contribution < -0.4 is 10.6 Å². The van der Waals surface area contributed by atoms with Gasteiger partial charge in [0.1, 0.15) is 6.54 Å². The number of nitrogens with one attached hydrogen (secondary N) is 2. The molecule has 0 bridgehead atoms. The fourth-order valence-electron chi connectivity index (χ4n) is 2.74. The lowest BCUT2D eigenvalue weighted by molar-refractivity contribution is -0.144. The first-order valence-corrected chi connectivity index (χ1v) is 8.26. The van der Waals surface area contributed by atoms with Crippen molar-refractivity contribution in [3.8, 4) is 0 Å². The van der Waals surface area contributed by atoms with Crippen LogP contribution in [0.4, 0.5) is 4.79 Å². The molecule has 1 aliphatic carbocycles. The number of urea groups is 1. The fraction of sp³-hybridized carbons (Fsp3) is 0.562. The Morgan fingerprint density at radius 2 is 1.80 bits per heavy atom. The van der Waals surface area contributed by atoms with Gasteiger partial charge in [-0.25, -0.2) is 9.69 Å². The van der Waals surface area contributed by atoms with E-state index in [9.17, 15) is 24.0 Å². The van der Waals surface area contributed by atoms with Crippen LogP contribution in [0.25, 0.3) is 0 Å². The number of hydrogen-bond donors (Lipinski definition) is 2. The van der Waals surface area contributed by atoms with Crippen LogP contribution >= 0.6 is 0 Å². The maximum Gasteiger partial charge on any atom is 0.334 e. The van der Waals surface area contributed by atoms with E-state index >= 15 is 0 Å². The Balaban J connectivity index is 1.90. The molecule has 25 heavy (non-hydrogen) atoms. The minimum Gasteiger partial charge on any atom is -0.358 e. The molecule has 136 valence electrons. The second-order valence-electron chi connectivity index (χ2n) is 5.94. The van der Waals surface area contributed by atoms with Crippen molar-refractivity contribution in [1.82, 2.24) is 20.4 Å². The van der Waals surface area contributed by atoms with Crippen molar-refractivity contribution in [2.24, 2.45) is 0 Å². The molecule has 0 aromatic rings. The van der Waals surface area contributed by atoms with Gasteiger partial charge in [0.05, 0.1) is 6.54 Å². The zero-order chi connectivity index (χ0) is 18.4. The van der Waals surface area contributed by atoms with Gasteiger partial charge in [0.15, 0.2) is 0 Å². The van der Waals surface area contributed by atoms with Gasteiger partial charge in [-0.3, -0.25) is 24.1 Å². The Labute approximate surface area is 145 Å². The van der Waals surface area contributed by atoms with Crippen molar-refractivity contribution in [2.45, 2.75) is 32.1 Å². The molecular weight excluding hydrogens is 328 g/mol. The van der Waals surface area contributed by atoms with E-state index < -0.39 is 36.2 Å². The third-order valence-electron chi connectivity index (χ3n) is 4.20. The Morgan fingerprint density at radius 3 is 2.44 bits per heavy atom. The molecule has 1 fully saturated rings. The number of rotatable bonds is 7. The molecule has 2 rings (SSSR count). The van der Waals surface area contributed by atoms with Crippen LogP contribution in [0.2, 0.25) is 0 Å². The molecule has 6 amide bonds. The van der Waals surface area contributed by atoms with Gasteiger partial charge in [0.2, 0.25) is 11.8 Å². The van der Waals surface area contributed by atoms with Crippen molar-refractivity contribution < 1.29 is 24.0 Å². The summed E-state index contributed by atoms with van der Waals surface area (Å²) in [7, 11) is 1.42. The number of likely N-dealkylation sites (N-methyl/N-ethyl adjacent to an activating group) is 1. The lowest BCUT2D eigenvalue weighted by Gasteiger charge is -2.17. The van der Waals surface area contributed by atoms with Gasteiger partial charge in [-0.05, 0) is 32.1 Å². The van der Waals surface area contributed by atoms with E-state index in [0.29, 0.717) is 11.3 Å². The predicted molar refractivity (Wildman–Crippen MR) is 87.1 cm³/mol. The first kappa shape index (κ1) is 18.6. The average molecular weight is 350 g/mol. The summed E-state index contributed by atoms with van der Waals surface area (Å²) in [6, 6.07) is -0.790. The summed E-state index contributed by atoms with van der Waals surface area (Å²) in [4.78, 5) is 60.5. The highest BCUT2D eigenvalue weighted by atomic mass is 16.2. The molecule has 0 atom stereocenters. The summed E-state index contributed by atoms with van der Waals surface area (Å²) < 4.78 is 0. The number of amides is 6. The molecule has 1 heterocycles. The normalized spacial score (nSPS) is 17.6. The van der Waals surface area contributed by atoms with Crippen LogP contribution in [-0.4, -0.2) is 66.1 Å². The second-order valence-corrected chi connectivity index (χ2v) is 5.94. The predicted octanol–water partition coefficient (Wildman–Crippen LogP) is -0.470. The van der Waals surface area contributed by atoms with Crippen molar-refractivity contribution in [1.29, 1.82) is 0 Å². The zero-order valence-electron chi connectivity index (χ0n) is 14.2. The SMILES string of the molecule is CNC(=O)CNC(=O)CN1C(=O)C(=O)N(CCC2=CCCCC2)C1=O. The number of nitrogens with zero attached hydrogens (tertiary/aromatic N) is 2. The molecule has 9 nitrogen and oxygen atoms in total. The lowest BCUT2D eigenvalue weighted by atomic mass is 9.97. The molecule has 0 radical (unpaired) electrons. The zero-order valence-corrected chi connectivity index (χ0v) is 14.2. The molecular formula is C16H22N4O5. The highest BCUT2D eigenvalue weighted by Gasteiger charge is 2.44. The highest BCUT2D eigenvalue weighted by Crippen LogP contribution is 2.21. The standard InChI is InChI=1S/C16H22N4O5/c1-17-12(21)9-18-13(22)10-20-15(24)14(23)19(16(20)25)8-7-11-5-3-2-4-6-11/h5H,2-4,6-10H2,1H3,(H,17,21)(H,18,22). The molecule has 0 saturated carbocycles. The number of carbonyl (C=O) groups is 5. The first-order chi connectivity index (χ1) is 11.9. The Kier molecular flexibility index (Phi) is 6.26. The van der Waals surface area contributed by atoms with Crippen molar-refractivity contribution >= 4 is 29.7 Å². The van der Waals surface area contributed by atoms with Crippen LogP contribution in [-0.2, 0) is 19.2 Å². The monoisotopic (exact) mass is 350 g/mol. The lowest BCUT2D eigenvalue weighted by Crippen LogP contribution is -2.44. The van der Waals surface area contributed by atoms with Gasteiger partial charge in [-0.1, -0.05) is 11.6 Å². The summed E-state index contributed by atoms with van der Waals surface area (Å²) >= 11 is 0. The minimum atomic E-state index is -1.02. The number of carbonyl (C=O) groups excluding carboxylic acids is 5. The van der Waals surface area contributed by atoms with Gasteiger partial charge in [-0.2, -0.15) is 0 Å². The van der Waals surface area contributed by atoms with E-state index in [1.807, 2.05) is 0 Å². The topological polar surface area (TPSA) is 116 Å². The molecule has 0 spiro atoms. The van der Waals surface area contributed by atoms with Crippen molar-refractivity contribution in [3.05, 3.63) is 11.6 Å². The number of hydrogen-bond acceptors (Lipinski definition) is 5. The second kappa shape index (κ2) is 8.41. The van der Waals surface area contributed by atoms with E-state index in [0.717, 1.165) is 30.6 Å². The molecule has 2 aliphatic rings. The van der Waals surface area contributed by atoms with Gasteiger partial charge in [-0.15, -0.1) is 0 Å². The van der Waals surface area contributed by atoms with E-state index in [4.69, 9.17) is 0 Å². The third-order valence-corrected chi connectivity index (χ3v) is 4.20. The van der Waals surface area contributed by atoms with Gasteiger partial charge < -0.3 is 10.6 Å². The van der Waals surface area contributed by atoms with E-state index in [1.54, 1.807) is 0 Å². The summed E-state index contributed by atoms with van der Waals surface area (Å²) in [6.07, 6.45) is 6.82. The number of imide groups is 2. The smallest absolute Gasteiger partial charge is 0.334 e. The Bertz CT molecular complexity index is 628. The summed E-state index contributed by atoms with van der Waals surface area (Å²) in [5.74, 6) is -3.03. The largest absolute Gasteiger partial charge is 0.358 e. The average Bonchev–Trinajstić information content (AvgIpc) is 2.82. The van der Waals surface area contributed by atoms with Gasteiger partial charge in [0.25, 0.3) is 0 Å². The van der Waals surface area contributed by atoms with Crippen molar-refractivity contribution in [3.63, 3.8) is 0 Å². The molecule has 1 saturated heterocycles. The van der Waals surface area contributed by atoms with Crippen molar-refractivity contribution in [2.75, 3.05) is 26.7 Å². The maximum absolute atomic E-state index is 12.3. The molecule has 0 aromatic heterocycles. The van der Waals surface area contributed by atoms with Gasteiger partial charge >= 0.3 is 17.8 Å². The summed E-state index contributed by atoms with van der Waals surface area (Å²) in [6.45, 7) is -0.720. The molecule has 0 unspecified atom stereocenters. The van der Waals surface area contributed by atoms with E-state index in [-0.39, 0.29) is 13.1 Å².